The van der Waals surface area contributed by atoms with E-state index in [1.807, 2.05) is 0 Å². The highest BCUT2D eigenvalue weighted by Crippen LogP contribution is 2.67. The fourth-order valence-electron chi connectivity index (χ4n) is 6.72. The third-order valence-electron chi connectivity index (χ3n) is 8.95. The Kier molecular flexibility index (Phi) is 5.96. The van der Waals surface area contributed by atoms with Crippen LogP contribution in [0.2, 0.25) is 0 Å². The van der Waals surface area contributed by atoms with Crippen LogP contribution in [0.25, 0.3) is 5.69 Å². The maximum atomic E-state index is 15.0. The van der Waals surface area contributed by atoms with Gasteiger partial charge in [-0.05, 0) is 80.8 Å². The number of nitrogens with zero attached hydrogens (tertiary/aromatic N) is 3. The molecule has 12 heteroatoms. The summed E-state index contributed by atoms with van der Waals surface area (Å²) in [6, 6.07) is 10.6. The van der Waals surface area contributed by atoms with Gasteiger partial charge < -0.3 is 24.3 Å². The zero-order chi connectivity index (χ0) is 29.4. The molecular weight excluding hydrogens is 553 g/mol. The predicted octanol–water partition coefficient (Wildman–Crippen LogP) is 5.72. The lowest BCUT2D eigenvalue weighted by Gasteiger charge is -2.65. The molecule has 1 aromatic heterocycles. The maximum absolute atomic E-state index is 15.0. The Balaban J connectivity index is 1.18. The number of methoxy groups -OCH3 is 1. The van der Waals surface area contributed by atoms with Crippen molar-refractivity contribution in [2.75, 3.05) is 12.4 Å². The molecule has 8 rings (SSSR count). The number of carbonyl (C=O) groups is 1. The lowest BCUT2D eigenvalue weighted by Crippen LogP contribution is -2.70. The quantitative estimate of drug-likeness (QED) is 0.354. The summed E-state index contributed by atoms with van der Waals surface area (Å²) >= 11 is 0. The molecule has 2 bridgehead atoms. The summed E-state index contributed by atoms with van der Waals surface area (Å²) in [7, 11) is 1.39. The Bertz CT molecular complexity index is 1640. The molecule has 0 spiro atoms. The van der Waals surface area contributed by atoms with Crippen molar-refractivity contribution in [3.63, 3.8) is 0 Å². The number of nitriles is 1. The van der Waals surface area contributed by atoms with E-state index < -0.39 is 29.7 Å². The van der Waals surface area contributed by atoms with E-state index in [9.17, 15) is 18.8 Å². The molecule has 0 radical (unpaired) electrons. The van der Waals surface area contributed by atoms with Crippen molar-refractivity contribution in [1.29, 1.82) is 5.26 Å². The summed E-state index contributed by atoms with van der Waals surface area (Å²) in [5.41, 5.74) is 2.45. The van der Waals surface area contributed by atoms with Crippen LogP contribution in [-0.2, 0) is 20.7 Å². The van der Waals surface area contributed by atoms with E-state index in [1.54, 1.807) is 29.8 Å². The van der Waals surface area contributed by atoms with Crippen molar-refractivity contribution in [1.82, 2.24) is 9.78 Å². The summed E-state index contributed by atoms with van der Waals surface area (Å²) in [6.07, 6.45) is -0.722. The van der Waals surface area contributed by atoms with Crippen LogP contribution in [0.1, 0.15) is 67.3 Å². The SMILES string of the molecule is COC(=O)C12CC(C1)C2O[C@H]1CCCc2c(C#N)nn(-c3ccc(F)c(N[C@@H](C)c4ccc5c(c4)OC(F)(F)O5)c3)c21. The van der Waals surface area contributed by atoms with E-state index in [4.69, 9.17) is 9.47 Å². The van der Waals surface area contributed by atoms with Gasteiger partial charge in [-0.25, -0.2) is 9.07 Å². The van der Waals surface area contributed by atoms with Gasteiger partial charge in [0, 0.05) is 11.6 Å². The van der Waals surface area contributed by atoms with Crippen molar-refractivity contribution in [3.8, 4) is 23.3 Å². The van der Waals surface area contributed by atoms with Crippen molar-refractivity contribution in [2.45, 2.75) is 63.6 Å². The number of alkyl halides is 2. The highest BCUT2D eigenvalue weighted by atomic mass is 19.3. The summed E-state index contributed by atoms with van der Waals surface area (Å²) in [6.45, 7) is 1.76. The van der Waals surface area contributed by atoms with E-state index >= 15 is 4.39 Å². The molecule has 3 atom stereocenters. The first-order valence-corrected chi connectivity index (χ1v) is 13.8. The first-order valence-electron chi connectivity index (χ1n) is 13.8. The second-order valence-electron chi connectivity index (χ2n) is 11.4. The first kappa shape index (κ1) is 26.6. The van der Waals surface area contributed by atoms with Gasteiger partial charge in [-0.3, -0.25) is 4.79 Å². The molecule has 9 nitrogen and oxygen atoms in total. The van der Waals surface area contributed by atoms with Crippen LogP contribution in [0.15, 0.2) is 36.4 Å². The highest BCUT2D eigenvalue weighted by Gasteiger charge is 2.72. The fraction of sp³-hybridized carbons (Fsp3) is 0.433. The normalized spacial score (nSPS) is 26.7. The monoisotopic (exact) mass is 580 g/mol. The van der Waals surface area contributed by atoms with E-state index in [1.165, 1.54) is 25.3 Å². The van der Waals surface area contributed by atoms with E-state index in [2.05, 4.69) is 26.0 Å². The Morgan fingerprint density at radius 2 is 2.00 bits per heavy atom. The van der Waals surface area contributed by atoms with Crippen molar-refractivity contribution in [2.24, 2.45) is 11.3 Å². The molecule has 42 heavy (non-hydrogen) atoms. The Hall–Kier alpha value is -4.24. The lowest BCUT2D eigenvalue weighted by molar-refractivity contribution is -0.286. The van der Waals surface area contributed by atoms with Crippen molar-refractivity contribution < 1.29 is 36.9 Å². The summed E-state index contributed by atoms with van der Waals surface area (Å²) in [5, 5.41) is 17.5. The Morgan fingerprint density at radius 3 is 2.71 bits per heavy atom. The molecule has 0 saturated heterocycles. The number of hydrogen-bond donors (Lipinski definition) is 1. The standard InChI is InChI=1S/C30H27F3N4O5/c1-15(16-6-9-23-25(10-16)42-30(32,33)41-23)35-21-11-18(7-8-20(21)31)37-26-19(22(14-34)36-37)4-3-5-24(26)40-27-17-12-29(27,13-17)28(38)39-2/h6-11,15,17,24,27,35H,3-5,12-13H2,1-2H3/t15-,17?,24-,27?,29?/m0/s1. The maximum Gasteiger partial charge on any atom is 0.586 e. The molecule has 1 unspecified atom stereocenters. The zero-order valence-electron chi connectivity index (χ0n) is 22.8. The number of hydrogen-bond acceptors (Lipinski definition) is 8. The van der Waals surface area contributed by atoms with Gasteiger partial charge in [-0.15, -0.1) is 8.78 Å². The minimum absolute atomic E-state index is 0.0747. The first-order chi connectivity index (χ1) is 20.1. The van der Waals surface area contributed by atoms with E-state index in [-0.39, 0.29) is 35.0 Å². The van der Waals surface area contributed by atoms with Gasteiger partial charge in [0.25, 0.3) is 0 Å². The van der Waals surface area contributed by atoms with Crippen LogP contribution in [0.5, 0.6) is 11.5 Å². The molecule has 2 aromatic carbocycles. The van der Waals surface area contributed by atoms with Crippen molar-refractivity contribution in [3.05, 3.63) is 64.7 Å². The lowest BCUT2D eigenvalue weighted by atomic mass is 9.42. The fourth-order valence-corrected chi connectivity index (χ4v) is 6.72. The van der Waals surface area contributed by atoms with Gasteiger partial charge in [0.2, 0.25) is 0 Å². The number of aromatic nitrogens is 2. The van der Waals surface area contributed by atoms with Crippen LogP contribution in [0.3, 0.4) is 0 Å². The molecular formula is C30H27F3N4O5. The van der Waals surface area contributed by atoms with Crippen molar-refractivity contribution >= 4 is 11.7 Å². The number of ether oxygens (including phenoxy) is 4. The second kappa shape index (κ2) is 9.39. The number of anilines is 1. The largest absolute Gasteiger partial charge is 0.586 e. The number of esters is 1. The van der Waals surface area contributed by atoms with Crippen LogP contribution >= 0.6 is 0 Å². The highest BCUT2D eigenvalue weighted by molar-refractivity contribution is 5.81. The molecule has 3 fully saturated rings. The van der Waals surface area contributed by atoms with Gasteiger partial charge in [0.1, 0.15) is 18.0 Å². The second-order valence-corrected chi connectivity index (χ2v) is 11.4. The average Bonchev–Trinajstić information content (AvgIpc) is 3.47. The molecule has 3 saturated carbocycles. The molecule has 218 valence electrons. The van der Waals surface area contributed by atoms with Crippen LogP contribution in [-0.4, -0.2) is 35.3 Å². The number of fused-ring (bicyclic) bond motifs is 2. The van der Waals surface area contributed by atoms with Gasteiger partial charge in [-0.1, -0.05) is 6.07 Å². The van der Waals surface area contributed by atoms with E-state index in [0.29, 0.717) is 30.0 Å². The number of halogens is 3. The minimum atomic E-state index is -3.73. The van der Waals surface area contributed by atoms with Gasteiger partial charge in [-0.2, -0.15) is 10.4 Å². The smallest absolute Gasteiger partial charge is 0.469 e. The van der Waals surface area contributed by atoms with Crippen LogP contribution in [0, 0.1) is 28.5 Å². The molecule has 5 aliphatic rings. The Labute approximate surface area is 239 Å². The molecule has 1 aliphatic heterocycles. The molecule has 3 aromatic rings. The van der Waals surface area contributed by atoms with Gasteiger partial charge in [0.05, 0.1) is 35.7 Å². The number of rotatable bonds is 7. The summed E-state index contributed by atoms with van der Waals surface area (Å²) < 4.78 is 64.2. The third-order valence-corrected chi connectivity index (χ3v) is 8.95. The third kappa shape index (κ3) is 4.01. The molecule has 0 amide bonds. The summed E-state index contributed by atoms with van der Waals surface area (Å²) in [5.74, 6) is -0.656. The zero-order valence-corrected chi connectivity index (χ0v) is 22.8. The average molecular weight is 581 g/mol. The number of carbonyl (C=O) groups excluding carboxylic acids is 1. The van der Waals surface area contributed by atoms with Crippen LogP contribution in [0.4, 0.5) is 18.9 Å². The van der Waals surface area contributed by atoms with Crippen LogP contribution < -0.4 is 14.8 Å². The molecule has 1 N–H and O–H groups in total. The summed E-state index contributed by atoms with van der Waals surface area (Å²) in [4.78, 5) is 12.5. The number of nitrogens with one attached hydrogen (secondary N) is 1. The van der Waals surface area contributed by atoms with E-state index in [0.717, 1.165) is 30.5 Å². The predicted molar refractivity (Wildman–Crippen MR) is 141 cm³/mol. The van der Waals surface area contributed by atoms with Gasteiger partial charge >= 0.3 is 12.3 Å². The molecule has 4 aliphatic carbocycles. The topological polar surface area (TPSA) is 108 Å². The number of benzene rings is 2. The minimum Gasteiger partial charge on any atom is -0.469 e. The Morgan fingerprint density at radius 1 is 1.21 bits per heavy atom. The van der Waals surface area contributed by atoms with Gasteiger partial charge in [0.15, 0.2) is 17.2 Å². The molecule has 2 heterocycles.